The molecule has 0 unspecified atom stereocenters. The van der Waals surface area contributed by atoms with Gasteiger partial charge in [0.15, 0.2) is 0 Å². The maximum atomic E-state index is 3.94. The predicted molar refractivity (Wildman–Crippen MR) is 37.3 cm³/mol. The topological polar surface area (TPSA) is 24.4 Å². The Kier molecular flexibility index (Phi) is 6.04. The van der Waals surface area contributed by atoms with Crippen LogP contribution in [0.4, 0.5) is 0 Å². The standard InChI is InChI=1S/C4H8N2.C2H6/c1-2-5-4-6-3-1;1-2/h4H,1-3H2,(H,5,6);1-2H3. The molecule has 0 radical (unpaired) electrons. The van der Waals surface area contributed by atoms with E-state index in [0.29, 0.717) is 0 Å². The molecule has 0 fully saturated rings. The molecule has 0 amide bonds. The minimum absolute atomic E-state index is 1.01. The summed E-state index contributed by atoms with van der Waals surface area (Å²) in [6.45, 7) is 6.11. The molecule has 0 aliphatic carbocycles. The van der Waals surface area contributed by atoms with Gasteiger partial charge in [-0.25, -0.2) is 0 Å². The summed E-state index contributed by atoms with van der Waals surface area (Å²) in [6, 6.07) is 0. The molecular weight excluding hydrogens is 100 g/mol. The number of rotatable bonds is 0. The molecule has 8 heavy (non-hydrogen) atoms. The molecule has 0 saturated heterocycles. The van der Waals surface area contributed by atoms with Gasteiger partial charge in [0.05, 0.1) is 6.34 Å². The van der Waals surface area contributed by atoms with Crippen LogP contribution < -0.4 is 5.32 Å². The van der Waals surface area contributed by atoms with Gasteiger partial charge < -0.3 is 5.32 Å². The van der Waals surface area contributed by atoms with E-state index in [1.807, 2.05) is 13.8 Å². The van der Waals surface area contributed by atoms with Crippen LogP contribution in [0.5, 0.6) is 0 Å². The fraction of sp³-hybridized carbons (Fsp3) is 0.833. The molecule has 0 bridgehead atoms. The number of aliphatic imine (C=N–C) groups is 1. The summed E-state index contributed by atoms with van der Waals surface area (Å²) < 4.78 is 0. The van der Waals surface area contributed by atoms with E-state index in [4.69, 9.17) is 0 Å². The van der Waals surface area contributed by atoms with E-state index in [0.717, 1.165) is 13.1 Å². The lowest BCUT2D eigenvalue weighted by atomic mass is 10.4. The largest absolute Gasteiger partial charge is 0.376 e. The van der Waals surface area contributed by atoms with Crippen molar-refractivity contribution < 1.29 is 0 Å². The van der Waals surface area contributed by atoms with Crippen LogP contribution in [0.25, 0.3) is 0 Å². The Morgan fingerprint density at radius 2 is 2.25 bits per heavy atom. The van der Waals surface area contributed by atoms with Crippen LogP contribution in [0.2, 0.25) is 0 Å². The first-order valence-corrected chi connectivity index (χ1v) is 3.22. The third-order valence-electron chi connectivity index (χ3n) is 0.791. The lowest BCUT2D eigenvalue weighted by Gasteiger charge is -2.01. The lowest BCUT2D eigenvalue weighted by molar-refractivity contribution is 0.755. The molecule has 1 aliphatic heterocycles. The van der Waals surface area contributed by atoms with Crippen LogP contribution in [-0.4, -0.2) is 19.4 Å². The van der Waals surface area contributed by atoms with Gasteiger partial charge in [-0.15, -0.1) is 0 Å². The van der Waals surface area contributed by atoms with Gasteiger partial charge in [0.1, 0.15) is 0 Å². The molecular formula is C6H14N2. The molecule has 0 aromatic carbocycles. The molecule has 0 spiro atoms. The second-order valence-electron chi connectivity index (χ2n) is 1.34. The van der Waals surface area contributed by atoms with Crippen molar-refractivity contribution in [1.82, 2.24) is 5.32 Å². The maximum absolute atomic E-state index is 3.94. The summed E-state index contributed by atoms with van der Waals surface area (Å²) in [5, 5.41) is 2.99. The highest BCUT2D eigenvalue weighted by molar-refractivity contribution is 5.54. The first kappa shape index (κ1) is 7.47. The molecule has 2 nitrogen and oxygen atoms in total. The number of hydrogen-bond acceptors (Lipinski definition) is 2. The van der Waals surface area contributed by atoms with E-state index in [-0.39, 0.29) is 0 Å². The van der Waals surface area contributed by atoms with Crippen molar-refractivity contribution in [2.45, 2.75) is 20.3 Å². The van der Waals surface area contributed by atoms with E-state index in [1.54, 1.807) is 6.34 Å². The monoisotopic (exact) mass is 114 g/mol. The Morgan fingerprint density at radius 3 is 2.38 bits per heavy atom. The fourth-order valence-electron chi connectivity index (χ4n) is 0.466. The summed E-state index contributed by atoms with van der Waals surface area (Å²) in [5.74, 6) is 0. The zero-order valence-corrected chi connectivity index (χ0v) is 5.65. The summed E-state index contributed by atoms with van der Waals surface area (Å²) in [4.78, 5) is 3.94. The minimum Gasteiger partial charge on any atom is -0.376 e. The van der Waals surface area contributed by atoms with Crippen LogP contribution in [0.15, 0.2) is 4.99 Å². The number of hydrogen-bond donors (Lipinski definition) is 1. The van der Waals surface area contributed by atoms with Crippen molar-refractivity contribution in [3.63, 3.8) is 0 Å². The third kappa shape index (κ3) is 3.65. The van der Waals surface area contributed by atoms with Gasteiger partial charge in [-0.2, -0.15) is 0 Å². The predicted octanol–water partition coefficient (Wildman–Crippen LogP) is 1.03. The van der Waals surface area contributed by atoms with Gasteiger partial charge in [0, 0.05) is 13.1 Å². The lowest BCUT2D eigenvalue weighted by Crippen LogP contribution is -2.17. The molecule has 1 N–H and O–H groups in total. The number of nitrogens with zero attached hydrogens (tertiary/aromatic N) is 1. The zero-order valence-electron chi connectivity index (χ0n) is 5.65. The maximum Gasteiger partial charge on any atom is 0.0823 e. The summed E-state index contributed by atoms with van der Waals surface area (Å²) in [5.41, 5.74) is 0. The molecule has 48 valence electrons. The van der Waals surface area contributed by atoms with E-state index < -0.39 is 0 Å². The summed E-state index contributed by atoms with van der Waals surface area (Å²) >= 11 is 0. The Bertz CT molecular complexity index is 51.5. The molecule has 2 heteroatoms. The van der Waals surface area contributed by atoms with Gasteiger partial charge in [0.2, 0.25) is 0 Å². The van der Waals surface area contributed by atoms with Crippen LogP contribution in [-0.2, 0) is 0 Å². The molecule has 1 rings (SSSR count). The Hall–Kier alpha value is -0.530. The second-order valence-corrected chi connectivity index (χ2v) is 1.34. The van der Waals surface area contributed by atoms with Crippen molar-refractivity contribution in [3.05, 3.63) is 0 Å². The Labute approximate surface area is 51.0 Å². The quantitative estimate of drug-likeness (QED) is 0.500. The second kappa shape index (κ2) is 6.47. The van der Waals surface area contributed by atoms with Gasteiger partial charge in [-0.3, -0.25) is 4.99 Å². The first-order chi connectivity index (χ1) is 4.00. The van der Waals surface area contributed by atoms with Crippen molar-refractivity contribution in [2.24, 2.45) is 4.99 Å². The van der Waals surface area contributed by atoms with Gasteiger partial charge >= 0.3 is 0 Å². The van der Waals surface area contributed by atoms with Crippen LogP contribution in [0.3, 0.4) is 0 Å². The molecule has 1 heterocycles. The third-order valence-corrected chi connectivity index (χ3v) is 0.791. The Balaban J connectivity index is 0.000000222. The SMILES string of the molecule is C1=NCCCN1.CC. The van der Waals surface area contributed by atoms with E-state index >= 15 is 0 Å². The van der Waals surface area contributed by atoms with Crippen LogP contribution >= 0.6 is 0 Å². The van der Waals surface area contributed by atoms with E-state index in [1.165, 1.54) is 6.42 Å². The van der Waals surface area contributed by atoms with Crippen molar-refractivity contribution in [1.29, 1.82) is 0 Å². The highest BCUT2D eigenvalue weighted by Gasteiger charge is 1.85. The highest BCUT2D eigenvalue weighted by Crippen LogP contribution is 1.79. The molecule has 0 saturated carbocycles. The first-order valence-electron chi connectivity index (χ1n) is 3.22. The molecule has 0 aromatic rings. The minimum atomic E-state index is 1.01. The highest BCUT2D eigenvalue weighted by atomic mass is 15.0. The fourth-order valence-corrected chi connectivity index (χ4v) is 0.466. The molecule has 1 aliphatic rings. The van der Waals surface area contributed by atoms with E-state index in [9.17, 15) is 0 Å². The van der Waals surface area contributed by atoms with Gasteiger partial charge in [-0.05, 0) is 6.42 Å². The molecule has 0 atom stereocenters. The van der Waals surface area contributed by atoms with E-state index in [2.05, 4.69) is 10.3 Å². The average molecular weight is 114 g/mol. The van der Waals surface area contributed by atoms with Crippen molar-refractivity contribution in [3.8, 4) is 0 Å². The molecule has 0 aromatic heterocycles. The van der Waals surface area contributed by atoms with Crippen LogP contribution in [0, 0.1) is 0 Å². The smallest absolute Gasteiger partial charge is 0.0823 e. The normalized spacial score (nSPS) is 15.8. The van der Waals surface area contributed by atoms with Crippen molar-refractivity contribution >= 4 is 6.34 Å². The van der Waals surface area contributed by atoms with Gasteiger partial charge in [0.25, 0.3) is 0 Å². The summed E-state index contributed by atoms with van der Waals surface area (Å²) in [6.07, 6.45) is 2.96. The van der Waals surface area contributed by atoms with Crippen LogP contribution in [0.1, 0.15) is 20.3 Å². The average Bonchev–Trinajstić information content (AvgIpc) is 1.96. The zero-order chi connectivity index (χ0) is 6.24. The van der Waals surface area contributed by atoms with Gasteiger partial charge in [-0.1, -0.05) is 13.8 Å². The Morgan fingerprint density at radius 1 is 1.50 bits per heavy atom. The summed E-state index contributed by atoms with van der Waals surface area (Å²) in [7, 11) is 0. The van der Waals surface area contributed by atoms with Crippen molar-refractivity contribution in [2.75, 3.05) is 13.1 Å². The number of nitrogens with one attached hydrogen (secondary N) is 1.